The van der Waals surface area contributed by atoms with Gasteiger partial charge in [0.1, 0.15) is 0 Å². The third-order valence-electron chi connectivity index (χ3n) is 2.57. The van der Waals surface area contributed by atoms with E-state index in [-0.39, 0.29) is 12.7 Å². The zero-order chi connectivity index (χ0) is 12.4. The number of carbonyl (C=O) groups is 1. The Hall–Kier alpha value is -1.75. The lowest BCUT2D eigenvalue weighted by molar-refractivity contribution is -0.118. The van der Waals surface area contributed by atoms with Crippen LogP contribution in [0.25, 0.3) is 0 Å². The first kappa shape index (κ1) is 11.7. The van der Waals surface area contributed by atoms with Gasteiger partial charge in [0.2, 0.25) is 12.7 Å². The van der Waals surface area contributed by atoms with E-state index >= 15 is 0 Å². The van der Waals surface area contributed by atoms with Crippen molar-refractivity contribution in [1.29, 1.82) is 0 Å². The zero-order valence-corrected chi connectivity index (χ0v) is 10.3. The molecule has 0 saturated heterocycles. The van der Waals surface area contributed by atoms with Gasteiger partial charge in [-0.3, -0.25) is 4.79 Å². The monoisotopic (exact) mass is 236 g/mol. The number of amides is 1. The number of ether oxygens (including phenoxy) is 2. The predicted octanol–water partition coefficient (Wildman–Crippen LogP) is 0.940. The molecule has 1 aliphatic rings. The summed E-state index contributed by atoms with van der Waals surface area (Å²) in [5.41, 5.74) is 0.807. The van der Waals surface area contributed by atoms with Crippen LogP contribution in [0.4, 0.5) is 5.69 Å². The summed E-state index contributed by atoms with van der Waals surface area (Å²) >= 11 is 0. The minimum absolute atomic E-state index is 0.0360. The highest BCUT2D eigenvalue weighted by atomic mass is 16.7. The van der Waals surface area contributed by atoms with Crippen LogP contribution in [0, 0.1) is 0 Å². The summed E-state index contributed by atoms with van der Waals surface area (Å²) in [5.74, 6) is 1.45. The van der Waals surface area contributed by atoms with Crippen molar-refractivity contribution in [3.05, 3.63) is 18.2 Å². The molecular weight excluding hydrogens is 220 g/mol. The van der Waals surface area contributed by atoms with Crippen molar-refractivity contribution in [2.45, 2.75) is 0 Å². The van der Waals surface area contributed by atoms with Crippen molar-refractivity contribution in [3.8, 4) is 11.5 Å². The number of hydrogen-bond donors (Lipinski definition) is 0. The van der Waals surface area contributed by atoms with E-state index in [4.69, 9.17) is 9.47 Å². The number of rotatable bonds is 3. The molecule has 0 aromatic heterocycles. The highest BCUT2D eigenvalue weighted by molar-refractivity contribution is 5.94. The molecule has 0 unspecified atom stereocenters. The Labute approximate surface area is 101 Å². The fraction of sp³-hybridized carbons (Fsp3) is 0.417. The van der Waals surface area contributed by atoms with Gasteiger partial charge < -0.3 is 19.3 Å². The van der Waals surface area contributed by atoms with Crippen LogP contribution in [0.2, 0.25) is 0 Å². The molecule has 0 fully saturated rings. The van der Waals surface area contributed by atoms with Gasteiger partial charge in [-0.1, -0.05) is 0 Å². The normalized spacial score (nSPS) is 12.9. The Bertz CT molecular complexity index is 432. The van der Waals surface area contributed by atoms with Crippen molar-refractivity contribution in [2.75, 3.05) is 39.4 Å². The second-order valence-electron chi connectivity index (χ2n) is 4.23. The van der Waals surface area contributed by atoms with Crippen LogP contribution >= 0.6 is 0 Å². The summed E-state index contributed by atoms with van der Waals surface area (Å²) in [6, 6.07) is 5.48. The fourth-order valence-electron chi connectivity index (χ4n) is 1.61. The lowest BCUT2D eigenvalue weighted by Gasteiger charge is -2.19. The largest absolute Gasteiger partial charge is 0.454 e. The van der Waals surface area contributed by atoms with E-state index in [1.54, 1.807) is 11.9 Å². The molecule has 0 spiro atoms. The second-order valence-corrected chi connectivity index (χ2v) is 4.23. The van der Waals surface area contributed by atoms with Gasteiger partial charge >= 0.3 is 0 Å². The van der Waals surface area contributed by atoms with Crippen LogP contribution in [-0.4, -0.2) is 45.3 Å². The molecule has 0 N–H and O–H groups in total. The Kier molecular flexibility index (Phi) is 3.19. The lowest BCUT2D eigenvalue weighted by atomic mass is 10.2. The standard InChI is InChI=1S/C12H16N2O3/c1-13(2)7-12(15)14(3)9-4-5-10-11(6-9)17-8-16-10/h4-6H,7-8H2,1-3H3. The maximum Gasteiger partial charge on any atom is 0.240 e. The SMILES string of the molecule is CN(C)CC(=O)N(C)c1ccc2c(c1)OCO2. The molecule has 5 nitrogen and oxygen atoms in total. The molecule has 0 bridgehead atoms. The average molecular weight is 236 g/mol. The Morgan fingerprint density at radius 2 is 1.94 bits per heavy atom. The lowest BCUT2D eigenvalue weighted by Crippen LogP contribution is -2.34. The molecule has 0 radical (unpaired) electrons. The van der Waals surface area contributed by atoms with Gasteiger partial charge in [-0.25, -0.2) is 0 Å². The second kappa shape index (κ2) is 4.63. The van der Waals surface area contributed by atoms with Gasteiger partial charge in [0.05, 0.1) is 6.54 Å². The van der Waals surface area contributed by atoms with Gasteiger partial charge in [0.15, 0.2) is 11.5 Å². The summed E-state index contributed by atoms with van der Waals surface area (Å²) < 4.78 is 10.5. The molecule has 1 aromatic carbocycles. The minimum Gasteiger partial charge on any atom is -0.454 e. The van der Waals surface area contributed by atoms with E-state index in [2.05, 4.69) is 0 Å². The summed E-state index contributed by atoms with van der Waals surface area (Å²) in [4.78, 5) is 15.3. The Balaban J connectivity index is 2.14. The first-order valence-corrected chi connectivity index (χ1v) is 5.39. The molecule has 0 aliphatic carbocycles. The van der Waals surface area contributed by atoms with E-state index in [1.165, 1.54) is 0 Å². The molecule has 5 heteroatoms. The first-order chi connectivity index (χ1) is 8.08. The average Bonchev–Trinajstić information content (AvgIpc) is 2.73. The maximum atomic E-state index is 11.9. The van der Waals surface area contributed by atoms with E-state index in [0.717, 1.165) is 11.4 Å². The molecule has 2 rings (SSSR count). The summed E-state index contributed by atoms with van der Waals surface area (Å²) in [6.45, 7) is 0.624. The highest BCUT2D eigenvalue weighted by Gasteiger charge is 2.17. The van der Waals surface area contributed by atoms with Crippen LogP contribution in [-0.2, 0) is 4.79 Å². The molecule has 0 saturated carbocycles. The summed E-state index contributed by atoms with van der Waals surface area (Å²) in [6.07, 6.45) is 0. The molecule has 1 heterocycles. The molecule has 0 atom stereocenters. The third-order valence-corrected chi connectivity index (χ3v) is 2.57. The van der Waals surface area contributed by atoms with Crippen molar-refractivity contribution in [1.82, 2.24) is 4.90 Å². The molecule has 1 amide bonds. The van der Waals surface area contributed by atoms with Crippen molar-refractivity contribution in [3.63, 3.8) is 0 Å². The number of benzene rings is 1. The molecule has 1 aliphatic heterocycles. The van der Waals surface area contributed by atoms with Crippen molar-refractivity contribution in [2.24, 2.45) is 0 Å². The number of fused-ring (bicyclic) bond motifs is 1. The van der Waals surface area contributed by atoms with E-state index in [1.807, 2.05) is 37.2 Å². The Morgan fingerprint density at radius 3 is 2.65 bits per heavy atom. The summed E-state index contributed by atoms with van der Waals surface area (Å²) in [7, 11) is 5.49. The van der Waals surface area contributed by atoms with Crippen LogP contribution < -0.4 is 14.4 Å². The van der Waals surface area contributed by atoms with Crippen LogP contribution in [0.1, 0.15) is 0 Å². The molecule has 17 heavy (non-hydrogen) atoms. The third kappa shape index (κ3) is 2.50. The highest BCUT2D eigenvalue weighted by Crippen LogP contribution is 2.35. The van der Waals surface area contributed by atoms with E-state index in [0.29, 0.717) is 12.3 Å². The van der Waals surface area contributed by atoms with Crippen LogP contribution in [0.3, 0.4) is 0 Å². The number of anilines is 1. The van der Waals surface area contributed by atoms with Gasteiger partial charge in [-0.2, -0.15) is 0 Å². The molecule has 1 aromatic rings. The van der Waals surface area contributed by atoms with Gasteiger partial charge in [-0.05, 0) is 26.2 Å². The van der Waals surface area contributed by atoms with Crippen molar-refractivity contribution < 1.29 is 14.3 Å². The van der Waals surface area contributed by atoms with Gasteiger partial charge in [-0.15, -0.1) is 0 Å². The number of likely N-dealkylation sites (N-methyl/N-ethyl adjacent to an activating group) is 2. The predicted molar refractivity (Wildman–Crippen MR) is 64.5 cm³/mol. The van der Waals surface area contributed by atoms with Crippen LogP contribution in [0.5, 0.6) is 11.5 Å². The van der Waals surface area contributed by atoms with E-state index < -0.39 is 0 Å². The van der Waals surface area contributed by atoms with Crippen LogP contribution in [0.15, 0.2) is 18.2 Å². The van der Waals surface area contributed by atoms with Crippen molar-refractivity contribution >= 4 is 11.6 Å². The first-order valence-electron chi connectivity index (χ1n) is 5.39. The topological polar surface area (TPSA) is 42.0 Å². The molecular formula is C12H16N2O3. The Morgan fingerprint density at radius 1 is 1.24 bits per heavy atom. The van der Waals surface area contributed by atoms with Gasteiger partial charge in [0.25, 0.3) is 0 Å². The maximum absolute atomic E-state index is 11.9. The quantitative estimate of drug-likeness (QED) is 0.783. The molecule has 92 valence electrons. The number of nitrogens with zero attached hydrogens (tertiary/aromatic N) is 2. The van der Waals surface area contributed by atoms with Gasteiger partial charge in [0, 0.05) is 18.8 Å². The number of hydrogen-bond acceptors (Lipinski definition) is 4. The zero-order valence-electron chi connectivity index (χ0n) is 10.3. The minimum atomic E-state index is 0.0360. The summed E-state index contributed by atoms with van der Waals surface area (Å²) in [5, 5.41) is 0. The smallest absolute Gasteiger partial charge is 0.240 e. The fourth-order valence-corrected chi connectivity index (χ4v) is 1.61. The van der Waals surface area contributed by atoms with E-state index in [9.17, 15) is 4.79 Å². The number of carbonyl (C=O) groups excluding carboxylic acids is 1.